The second kappa shape index (κ2) is 7.43. The highest BCUT2D eigenvalue weighted by Crippen LogP contribution is 2.01. The minimum absolute atomic E-state index is 0.472. The predicted octanol–water partition coefficient (Wildman–Crippen LogP) is 2.59. The summed E-state index contributed by atoms with van der Waals surface area (Å²) in [5.41, 5.74) is 1.33. The fourth-order valence-electron chi connectivity index (χ4n) is 1.65. The highest BCUT2D eigenvalue weighted by atomic mass is 16.5. The van der Waals surface area contributed by atoms with Crippen molar-refractivity contribution in [3.63, 3.8) is 0 Å². The van der Waals surface area contributed by atoms with Gasteiger partial charge in [0, 0.05) is 19.7 Å². The molecule has 0 heterocycles. The normalized spacial score (nSPS) is 12.7. The van der Waals surface area contributed by atoms with Gasteiger partial charge in [-0.25, -0.2) is 0 Å². The lowest BCUT2D eigenvalue weighted by molar-refractivity contribution is 0.161. The minimum Gasteiger partial charge on any atom is -0.383 e. The maximum atomic E-state index is 5.18. The second-order valence-electron chi connectivity index (χ2n) is 3.81. The van der Waals surface area contributed by atoms with Gasteiger partial charge in [0.25, 0.3) is 0 Å². The van der Waals surface area contributed by atoms with Crippen LogP contribution in [0.2, 0.25) is 0 Å². The van der Waals surface area contributed by atoms with Crippen molar-refractivity contribution in [2.45, 2.75) is 32.4 Å². The van der Waals surface area contributed by atoms with Crippen LogP contribution in [0.5, 0.6) is 0 Å². The van der Waals surface area contributed by atoms with Crippen LogP contribution in [0.3, 0.4) is 0 Å². The molecule has 2 heteroatoms. The van der Waals surface area contributed by atoms with Gasteiger partial charge in [-0.3, -0.25) is 0 Å². The minimum atomic E-state index is 0.472. The van der Waals surface area contributed by atoms with Crippen LogP contribution in [-0.2, 0) is 11.3 Å². The molecule has 0 aliphatic rings. The molecular weight excluding hydrogens is 186 g/mol. The van der Waals surface area contributed by atoms with Crippen molar-refractivity contribution >= 4 is 0 Å². The number of methoxy groups -OCH3 is 1. The first-order valence-corrected chi connectivity index (χ1v) is 5.63. The molecule has 1 aromatic carbocycles. The van der Waals surface area contributed by atoms with Crippen molar-refractivity contribution in [1.29, 1.82) is 0 Å². The Hall–Kier alpha value is -0.860. The smallest absolute Gasteiger partial charge is 0.0615 e. The monoisotopic (exact) mass is 207 g/mol. The van der Waals surface area contributed by atoms with Gasteiger partial charge in [-0.1, -0.05) is 43.7 Å². The number of benzene rings is 1. The Morgan fingerprint density at radius 2 is 2.00 bits per heavy atom. The summed E-state index contributed by atoms with van der Waals surface area (Å²) >= 11 is 0. The van der Waals surface area contributed by atoms with Gasteiger partial charge in [-0.05, 0) is 12.0 Å². The number of hydrogen-bond donors (Lipinski definition) is 1. The highest BCUT2D eigenvalue weighted by molar-refractivity contribution is 5.14. The summed E-state index contributed by atoms with van der Waals surface area (Å²) in [6.45, 7) is 3.92. The molecule has 1 aromatic rings. The first-order chi connectivity index (χ1) is 7.36. The maximum Gasteiger partial charge on any atom is 0.0615 e. The van der Waals surface area contributed by atoms with Crippen LogP contribution in [0.25, 0.3) is 0 Å². The third-order valence-electron chi connectivity index (χ3n) is 2.44. The van der Waals surface area contributed by atoms with E-state index < -0.39 is 0 Å². The molecule has 0 radical (unpaired) electrons. The molecule has 0 saturated heterocycles. The Morgan fingerprint density at radius 3 is 2.60 bits per heavy atom. The van der Waals surface area contributed by atoms with Crippen molar-refractivity contribution in [3.05, 3.63) is 35.9 Å². The Bertz CT molecular complexity index is 242. The van der Waals surface area contributed by atoms with Crippen molar-refractivity contribution in [2.75, 3.05) is 13.7 Å². The van der Waals surface area contributed by atoms with Crippen LogP contribution in [-0.4, -0.2) is 19.8 Å². The largest absolute Gasteiger partial charge is 0.383 e. The van der Waals surface area contributed by atoms with E-state index in [0.29, 0.717) is 6.04 Å². The molecule has 0 saturated carbocycles. The molecule has 84 valence electrons. The zero-order valence-corrected chi connectivity index (χ0v) is 9.70. The van der Waals surface area contributed by atoms with E-state index in [2.05, 4.69) is 36.5 Å². The molecule has 0 amide bonds. The van der Waals surface area contributed by atoms with Crippen LogP contribution < -0.4 is 5.32 Å². The number of ether oxygens (including phenoxy) is 1. The Kier molecular flexibility index (Phi) is 6.05. The second-order valence-corrected chi connectivity index (χ2v) is 3.81. The van der Waals surface area contributed by atoms with E-state index in [1.807, 2.05) is 6.07 Å². The Morgan fingerprint density at radius 1 is 1.27 bits per heavy atom. The van der Waals surface area contributed by atoms with E-state index in [-0.39, 0.29) is 0 Å². The van der Waals surface area contributed by atoms with Crippen molar-refractivity contribution in [2.24, 2.45) is 0 Å². The summed E-state index contributed by atoms with van der Waals surface area (Å²) in [5.74, 6) is 0. The van der Waals surface area contributed by atoms with Crippen molar-refractivity contribution < 1.29 is 4.74 Å². The van der Waals surface area contributed by atoms with E-state index in [0.717, 1.165) is 13.2 Å². The standard InChI is InChI=1S/C13H21NO/c1-3-7-13(11-15-2)14-10-12-8-5-4-6-9-12/h4-6,8-9,13-14H,3,7,10-11H2,1-2H3. The molecule has 0 aliphatic carbocycles. The van der Waals surface area contributed by atoms with Gasteiger partial charge >= 0.3 is 0 Å². The third kappa shape index (κ3) is 4.96. The quantitative estimate of drug-likeness (QED) is 0.742. The van der Waals surface area contributed by atoms with E-state index in [1.165, 1.54) is 18.4 Å². The Labute approximate surface area is 92.6 Å². The number of hydrogen-bond acceptors (Lipinski definition) is 2. The van der Waals surface area contributed by atoms with Gasteiger partial charge in [0.05, 0.1) is 6.61 Å². The van der Waals surface area contributed by atoms with Crippen LogP contribution in [0.1, 0.15) is 25.3 Å². The van der Waals surface area contributed by atoms with Gasteiger partial charge in [0.15, 0.2) is 0 Å². The third-order valence-corrected chi connectivity index (χ3v) is 2.44. The fraction of sp³-hybridized carbons (Fsp3) is 0.538. The Balaban J connectivity index is 2.33. The molecule has 0 spiro atoms. The predicted molar refractivity (Wildman–Crippen MR) is 63.9 cm³/mol. The van der Waals surface area contributed by atoms with Crippen molar-refractivity contribution in [3.8, 4) is 0 Å². The molecule has 0 fully saturated rings. The first-order valence-electron chi connectivity index (χ1n) is 5.63. The molecule has 0 aliphatic heterocycles. The van der Waals surface area contributed by atoms with E-state index in [4.69, 9.17) is 4.74 Å². The summed E-state index contributed by atoms with van der Waals surface area (Å²) in [5, 5.41) is 3.51. The van der Waals surface area contributed by atoms with E-state index in [1.54, 1.807) is 7.11 Å². The summed E-state index contributed by atoms with van der Waals surface area (Å²) < 4.78 is 5.18. The van der Waals surface area contributed by atoms with Gasteiger partial charge in [-0.2, -0.15) is 0 Å². The zero-order valence-electron chi connectivity index (χ0n) is 9.70. The summed E-state index contributed by atoms with van der Waals surface area (Å²) in [4.78, 5) is 0. The molecule has 1 atom stereocenters. The molecule has 2 nitrogen and oxygen atoms in total. The molecule has 0 aromatic heterocycles. The number of nitrogens with one attached hydrogen (secondary N) is 1. The molecular formula is C13H21NO. The number of rotatable bonds is 7. The lowest BCUT2D eigenvalue weighted by Crippen LogP contribution is -2.32. The lowest BCUT2D eigenvalue weighted by Gasteiger charge is -2.17. The van der Waals surface area contributed by atoms with E-state index >= 15 is 0 Å². The van der Waals surface area contributed by atoms with Crippen molar-refractivity contribution in [1.82, 2.24) is 5.32 Å². The topological polar surface area (TPSA) is 21.3 Å². The first kappa shape index (κ1) is 12.2. The summed E-state index contributed by atoms with van der Waals surface area (Å²) in [6.07, 6.45) is 2.36. The maximum absolute atomic E-state index is 5.18. The van der Waals surface area contributed by atoms with Crippen LogP contribution in [0.15, 0.2) is 30.3 Å². The molecule has 1 rings (SSSR count). The van der Waals surface area contributed by atoms with Gasteiger partial charge in [0.1, 0.15) is 0 Å². The lowest BCUT2D eigenvalue weighted by atomic mass is 10.1. The van der Waals surface area contributed by atoms with Crippen LogP contribution in [0.4, 0.5) is 0 Å². The molecule has 15 heavy (non-hydrogen) atoms. The summed E-state index contributed by atoms with van der Waals surface area (Å²) in [6, 6.07) is 10.9. The highest BCUT2D eigenvalue weighted by Gasteiger charge is 2.05. The average molecular weight is 207 g/mol. The molecule has 1 unspecified atom stereocenters. The van der Waals surface area contributed by atoms with E-state index in [9.17, 15) is 0 Å². The fourth-order valence-corrected chi connectivity index (χ4v) is 1.65. The molecule has 0 bridgehead atoms. The van der Waals surface area contributed by atoms with Gasteiger partial charge < -0.3 is 10.1 Å². The van der Waals surface area contributed by atoms with Gasteiger partial charge in [-0.15, -0.1) is 0 Å². The van der Waals surface area contributed by atoms with Gasteiger partial charge in [0.2, 0.25) is 0 Å². The van der Waals surface area contributed by atoms with Crippen LogP contribution in [0, 0.1) is 0 Å². The zero-order chi connectivity index (χ0) is 10.9. The summed E-state index contributed by atoms with van der Waals surface area (Å²) in [7, 11) is 1.76. The average Bonchev–Trinajstić information content (AvgIpc) is 2.28. The molecule has 1 N–H and O–H groups in total. The van der Waals surface area contributed by atoms with Crippen LogP contribution >= 0.6 is 0 Å². The SMILES string of the molecule is CCCC(COC)NCc1ccccc1.